The van der Waals surface area contributed by atoms with E-state index in [-0.39, 0.29) is 11.9 Å². The number of benzene rings is 1. The van der Waals surface area contributed by atoms with Gasteiger partial charge in [-0.2, -0.15) is 5.10 Å². The van der Waals surface area contributed by atoms with E-state index < -0.39 is 0 Å². The van der Waals surface area contributed by atoms with Crippen LogP contribution in [-0.2, 0) is 11.2 Å². The first kappa shape index (κ1) is 18.0. The Hall–Kier alpha value is -3.35. The van der Waals surface area contributed by atoms with Crippen molar-refractivity contribution in [3.8, 4) is 16.9 Å². The Morgan fingerprint density at radius 3 is 2.96 bits per heavy atom. The first-order valence-corrected chi connectivity index (χ1v) is 9.40. The maximum Gasteiger partial charge on any atom is 0.250 e. The van der Waals surface area contributed by atoms with Crippen LogP contribution in [0, 0.1) is 0 Å². The second-order valence-corrected chi connectivity index (χ2v) is 6.71. The van der Waals surface area contributed by atoms with E-state index in [1.165, 1.54) is 0 Å². The molecule has 0 spiro atoms. The number of carbonyl (C=O) groups excluding carboxylic acids is 1. The van der Waals surface area contributed by atoms with Crippen molar-refractivity contribution < 1.29 is 9.53 Å². The van der Waals surface area contributed by atoms with Gasteiger partial charge in [0.15, 0.2) is 0 Å². The highest BCUT2D eigenvalue weighted by Gasteiger charge is 2.33. The van der Waals surface area contributed by atoms with E-state index in [9.17, 15) is 4.79 Å². The molecule has 0 bridgehead atoms. The molecule has 0 radical (unpaired) electrons. The Labute approximate surface area is 163 Å². The number of aromatic amines is 1. The fraction of sp³-hybridized carbons (Fsp3) is 0.286. The SMILES string of the molecule is CCc1nc(N2CCC(Nc3cccc(OC)c3)C2=O)ccc1-c1cn[nH]c1. The maximum atomic E-state index is 13.0. The van der Waals surface area contributed by atoms with Gasteiger partial charge >= 0.3 is 0 Å². The third-order valence-electron chi connectivity index (χ3n) is 5.00. The lowest BCUT2D eigenvalue weighted by Gasteiger charge is -2.18. The number of methoxy groups -OCH3 is 1. The van der Waals surface area contributed by atoms with Gasteiger partial charge in [0.05, 0.1) is 19.0 Å². The van der Waals surface area contributed by atoms with Crippen LogP contribution >= 0.6 is 0 Å². The summed E-state index contributed by atoms with van der Waals surface area (Å²) in [6, 6.07) is 11.3. The van der Waals surface area contributed by atoms with Gasteiger partial charge in [-0.15, -0.1) is 0 Å². The number of hydrogen-bond acceptors (Lipinski definition) is 5. The summed E-state index contributed by atoms with van der Waals surface area (Å²) < 4.78 is 5.25. The van der Waals surface area contributed by atoms with Gasteiger partial charge in [-0.3, -0.25) is 14.8 Å². The average molecular weight is 377 g/mol. The zero-order valence-corrected chi connectivity index (χ0v) is 16.0. The van der Waals surface area contributed by atoms with Crippen LogP contribution in [0.25, 0.3) is 11.1 Å². The van der Waals surface area contributed by atoms with Crippen molar-refractivity contribution in [2.45, 2.75) is 25.8 Å². The van der Waals surface area contributed by atoms with E-state index in [1.807, 2.05) is 42.6 Å². The molecule has 1 saturated heterocycles. The van der Waals surface area contributed by atoms with Gasteiger partial charge in [0, 0.05) is 35.6 Å². The number of aryl methyl sites for hydroxylation is 1. The predicted octanol–water partition coefficient (Wildman–Crippen LogP) is 3.26. The largest absolute Gasteiger partial charge is 0.497 e. The topological polar surface area (TPSA) is 83.1 Å². The van der Waals surface area contributed by atoms with Gasteiger partial charge in [-0.1, -0.05) is 13.0 Å². The quantitative estimate of drug-likeness (QED) is 0.689. The number of H-pyrrole nitrogens is 1. The molecule has 1 aliphatic heterocycles. The molecule has 0 saturated carbocycles. The molecule has 7 nitrogen and oxygen atoms in total. The molecule has 1 aliphatic rings. The highest BCUT2D eigenvalue weighted by molar-refractivity contribution is 6.00. The summed E-state index contributed by atoms with van der Waals surface area (Å²) >= 11 is 0. The smallest absolute Gasteiger partial charge is 0.250 e. The summed E-state index contributed by atoms with van der Waals surface area (Å²) in [5, 5.41) is 10.2. The minimum Gasteiger partial charge on any atom is -0.497 e. The fourth-order valence-electron chi connectivity index (χ4n) is 3.53. The van der Waals surface area contributed by atoms with Crippen LogP contribution in [-0.4, -0.2) is 40.8 Å². The number of ether oxygens (including phenoxy) is 1. The third kappa shape index (κ3) is 3.43. The Kier molecular flexibility index (Phi) is 4.97. The highest BCUT2D eigenvalue weighted by Crippen LogP contribution is 2.28. The van der Waals surface area contributed by atoms with Crippen molar-refractivity contribution in [3.63, 3.8) is 0 Å². The lowest BCUT2D eigenvalue weighted by Crippen LogP contribution is -2.34. The molecule has 4 rings (SSSR count). The number of nitrogens with one attached hydrogen (secondary N) is 2. The molecule has 2 N–H and O–H groups in total. The van der Waals surface area contributed by atoms with Gasteiger partial charge in [0.2, 0.25) is 0 Å². The number of rotatable bonds is 6. The lowest BCUT2D eigenvalue weighted by molar-refractivity contribution is -0.117. The van der Waals surface area contributed by atoms with Crippen molar-refractivity contribution >= 4 is 17.4 Å². The zero-order valence-electron chi connectivity index (χ0n) is 16.0. The molecule has 1 unspecified atom stereocenters. The van der Waals surface area contributed by atoms with E-state index in [0.29, 0.717) is 12.4 Å². The van der Waals surface area contributed by atoms with E-state index in [1.54, 1.807) is 18.2 Å². The van der Waals surface area contributed by atoms with Gasteiger partial charge < -0.3 is 10.1 Å². The molecule has 7 heteroatoms. The third-order valence-corrected chi connectivity index (χ3v) is 5.00. The van der Waals surface area contributed by atoms with Crippen LogP contribution in [0.4, 0.5) is 11.5 Å². The molecule has 3 aromatic rings. The number of aromatic nitrogens is 3. The van der Waals surface area contributed by atoms with Gasteiger partial charge in [-0.25, -0.2) is 4.98 Å². The van der Waals surface area contributed by atoms with Crippen molar-refractivity contribution in [1.29, 1.82) is 0 Å². The van der Waals surface area contributed by atoms with E-state index in [0.717, 1.165) is 41.1 Å². The van der Waals surface area contributed by atoms with Crippen LogP contribution in [0.3, 0.4) is 0 Å². The first-order valence-electron chi connectivity index (χ1n) is 9.40. The number of pyridine rings is 1. The first-order chi connectivity index (χ1) is 13.7. The average Bonchev–Trinajstić information content (AvgIpc) is 3.38. The van der Waals surface area contributed by atoms with Crippen LogP contribution in [0.5, 0.6) is 5.75 Å². The Morgan fingerprint density at radius 1 is 1.32 bits per heavy atom. The number of anilines is 2. The molecular formula is C21H23N5O2. The summed E-state index contributed by atoms with van der Waals surface area (Å²) in [7, 11) is 1.63. The van der Waals surface area contributed by atoms with Crippen LogP contribution < -0.4 is 15.0 Å². The molecular weight excluding hydrogens is 354 g/mol. The number of hydrogen-bond donors (Lipinski definition) is 2. The molecule has 1 fully saturated rings. The van der Waals surface area contributed by atoms with Crippen molar-refractivity contribution in [3.05, 3.63) is 54.5 Å². The maximum absolute atomic E-state index is 13.0. The van der Waals surface area contributed by atoms with Gasteiger partial charge in [0.25, 0.3) is 5.91 Å². The minimum atomic E-state index is -0.271. The minimum absolute atomic E-state index is 0.0356. The zero-order chi connectivity index (χ0) is 19.5. The van der Waals surface area contributed by atoms with Crippen LogP contribution in [0.2, 0.25) is 0 Å². The number of amides is 1. The van der Waals surface area contributed by atoms with E-state index in [4.69, 9.17) is 9.72 Å². The molecule has 0 aliphatic carbocycles. The summed E-state index contributed by atoms with van der Waals surface area (Å²) in [4.78, 5) is 19.5. The lowest BCUT2D eigenvalue weighted by atomic mass is 10.1. The molecule has 2 aromatic heterocycles. The Bertz CT molecular complexity index is 971. The van der Waals surface area contributed by atoms with Crippen molar-refractivity contribution in [1.82, 2.24) is 15.2 Å². The monoisotopic (exact) mass is 377 g/mol. The van der Waals surface area contributed by atoms with Crippen LogP contribution in [0.15, 0.2) is 48.8 Å². The molecule has 1 amide bonds. The van der Waals surface area contributed by atoms with Crippen molar-refractivity contribution in [2.75, 3.05) is 23.9 Å². The summed E-state index contributed by atoms with van der Waals surface area (Å²) in [5.74, 6) is 1.49. The van der Waals surface area contributed by atoms with Gasteiger partial charge in [-0.05, 0) is 37.1 Å². The van der Waals surface area contributed by atoms with E-state index >= 15 is 0 Å². The molecule has 1 atom stereocenters. The Morgan fingerprint density at radius 2 is 2.21 bits per heavy atom. The standard InChI is InChI=1S/C21H23N5O2/c1-3-18-17(14-12-22-23-13-14)7-8-20(25-18)26-10-9-19(21(26)27)24-15-5-4-6-16(11-15)28-2/h4-8,11-13,19,24H,3,9-10H2,1-2H3,(H,22,23). The van der Waals surface area contributed by atoms with E-state index in [2.05, 4.69) is 22.4 Å². The summed E-state index contributed by atoms with van der Waals surface area (Å²) in [6.07, 6.45) is 5.14. The predicted molar refractivity (Wildman–Crippen MR) is 109 cm³/mol. The Balaban J connectivity index is 1.53. The van der Waals surface area contributed by atoms with Crippen molar-refractivity contribution in [2.24, 2.45) is 0 Å². The molecule has 3 heterocycles. The molecule has 28 heavy (non-hydrogen) atoms. The second-order valence-electron chi connectivity index (χ2n) is 6.71. The fourth-order valence-corrected chi connectivity index (χ4v) is 3.53. The number of nitrogens with zero attached hydrogens (tertiary/aromatic N) is 3. The van der Waals surface area contributed by atoms with Gasteiger partial charge in [0.1, 0.15) is 17.6 Å². The molecule has 1 aromatic carbocycles. The molecule has 144 valence electrons. The summed E-state index contributed by atoms with van der Waals surface area (Å²) in [5.41, 5.74) is 3.87. The second kappa shape index (κ2) is 7.72. The summed E-state index contributed by atoms with van der Waals surface area (Å²) in [6.45, 7) is 2.70. The highest BCUT2D eigenvalue weighted by atomic mass is 16.5. The van der Waals surface area contributed by atoms with Crippen LogP contribution in [0.1, 0.15) is 19.0 Å². The number of carbonyl (C=O) groups is 1. The normalized spacial score (nSPS) is 16.4.